The molecule has 1 atom stereocenters. The van der Waals surface area contributed by atoms with Crippen molar-refractivity contribution in [1.29, 1.82) is 0 Å². The molecule has 0 heterocycles. The van der Waals surface area contributed by atoms with Crippen LogP contribution in [0.3, 0.4) is 0 Å². The van der Waals surface area contributed by atoms with Gasteiger partial charge in [0.15, 0.2) is 6.10 Å². The van der Waals surface area contributed by atoms with Gasteiger partial charge in [-0.1, -0.05) is 24.3 Å². The number of thioether (sulfide) groups is 1. The summed E-state index contributed by atoms with van der Waals surface area (Å²) in [6.07, 6.45) is 3.79. The van der Waals surface area contributed by atoms with Crippen LogP contribution in [0, 0.1) is 5.82 Å². The zero-order valence-corrected chi connectivity index (χ0v) is 14.7. The second-order valence-corrected chi connectivity index (χ2v) is 6.03. The minimum Gasteiger partial charge on any atom is -0.449 e. The molecule has 0 fully saturated rings. The Morgan fingerprint density at radius 3 is 2.48 bits per heavy atom. The van der Waals surface area contributed by atoms with Gasteiger partial charge in [0, 0.05) is 11.0 Å². The standard InChI is InChI=1S/C19H18FNO3S/c1-13(19(23)21-17-6-4-3-5-16(17)20)24-18(22)12-9-14-7-10-15(25-2)11-8-14/h3-13H,1-2H3,(H,21,23)/b12-9+/t13-/m0/s1. The summed E-state index contributed by atoms with van der Waals surface area (Å²) in [6.45, 7) is 1.43. The second-order valence-electron chi connectivity index (χ2n) is 5.15. The quantitative estimate of drug-likeness (QED) is 0.479. The number of carbonyl (C=O) groups excluding carboxylic acids is 2. The van der Waals surface area contributed by atoms with Gasteiger partial charge < -0.3 is 10.1 Å². The molecule has 1 amide bonds. The van der Waals surface area contributed by atoms with Crippen LogP contribution in [0.5, 0.6) is 0 Å². The lowest BCUT2D eigenvalue weighted by Crippen LogP contribution is -2.29. The zero-order valence-electron chi connectivity index (χ0n) is 13.9. The van der Waals surface area contributed by atoms with Crippen LogP contribution in [-0.4, -0.2) is 24.2 Å². The van der Waals surface area contributed by atoms with E-state index in [0.29, 0.717) is 0 Å². The fourth-order valence-electron chi connectivity index (χ4n) is 1.94. The van der Waals surface area contributed by atoms with Crippen molar-refractivity contribution in [3.05, 3.63) is 66.0 Å². The number of anilines is 1. The average molecular weight is 359 g/mol. The lowest BCUT2D eigenvalue weighted by Gasteiger charge is -2.12. The molecule has 0 radical (unpaired) electrons. The molecule has 2 aromatic carbocycles. The third-order valence-corrected chi connectivity index (χ3v) is 4.07. The third-order valence-electron chi connectivity index (χ3n) is 3.32. The SMILES string of the molecule is CSc1ccc(/C=C/C(=O)O[C@@H](C)C(=O)Nc2ccccc2F)cc1. The monoisotopic (exact) mass is 359 g/mol. The number of amides is 1. The van der Waals surface area contributed by atoms with Crippen molar-refractivity contribution in [3.63, 3.8) is 0 Å². The van der Waals surface area contributed by atoms with Gasteiger partial charge in [-0.2, -0.15) is 0 Å². The van der Waals surface area contributed by atoms with Crippen LogP contribution in [-0.2, 0) is 14.3 Å². The Morgan fingerprint density at radius 2 is 1.84 bits per heavy atom. The number of nitrogens with one attached hydrogen (secondary N) is 1. The number of hydrogen-bond acceptors (Lipinski definition) is 4. The van der Waals surface area contributed by atoms with Gasteiger partial charge >= 0.3 is 5.97 Å². The van der Waals surface area contributed by atoms with Crippen LogP contribution in [0.15, 0.2) is 59.5 Å². The molecule has 0 aliphatic heterocycles. The molecule has 0 bridgehead atoms. The normalized spacial score (nSPS) is 12.0. The summed E-state index contributed by atoms with van der Waals surface area (Å²) in [7, 11) is 0. The van der Waals surface area contributed by atoms with Crippen molar-refractivity contribution in [2.75, 3.05) is 11.6 Å². The fraction of sp³-hybridized carbons (Fsp3) is 0.158. The molecule has 25 heavy (non-hydrogen) atoms. The summed E-state index contributed by atoms with van der Waals surface area (Å²) >= 11 is 1.63. The molecule has 0 saturated heterocycles. The number of benzene rings is 2. The summed E-state index contributed by atoms with van der Waals surface area (Å²) < 4.78 is 18.5. The largest absolute Gasteiger partial charge is 0.449 e. The lowest BCUT2D eigenvalue weighted by atomic mass is 10.2. The van der Waals surface area contributed by atoms with E-state index < -0.39 is 23.8 Å². The summed E-state index contributed by atoms with van der Waals surface area (Å²) in [5, 5.41) is 2.38. The molecule has 0 aromatic heterocycles. The molecule has 0 aliphatic rings. The fourth-order valence-corrected chi connectivity index (χ4v) is 2.35. The number of rotatable bonds is 6. The molecular weight excluding hydrogens is 341 g/mol. The first-order valence-corrected chi connectivity index (χ1v) is 8.80. The maximum Gasteiger partial charge on any atom is 0.331 e. The maximum absolute atomic E-state index is 13.5. The molecule has 4 nitrogen and oxygen atoms in total. The minimum absolute atomic E-state index is 0.0415. The Kier molecular flexibility index (Phi) is 6.77. The van der Waals surface area contributed by atoms with Crippen molar-refractivity contribution in [3.8, 4) is 0 Å². The highest BCUT2D eigenvalue weighted by molar-refractivity contribution is 7.98. The minimum atomic E-state index is -1.05. The van der Waals surface area contributed by atoms with E-state index in [-0.39, 0.29) is 5.69 Å². The van der Waals surface area contributed by atoms with E-state index in [1.54, 1.807) is 23.9 Å². The van der Waals surface area contributed by atoms with E-state index >= 15 is 0 Å². The van der Waals surface area contributed by atoms with E-state index in [2.05, 4.69) is 5.32 Å². The topological polar surface area (TPSA) is 55.4 Å². The molecule has 0 saturated carbocycles. The van der Waals surface area contributed by atoms with E-state index in [1.807, 2.05) is 30.5 Å². The summed E-state index contributed by atoms with van der Waals surface area (Å²) in [4.78, 5) is 24.9. The first-order chi connectivity index (χ1) is 12.0. The molecule has 0 unspecified atom stereocenters. The van der Waals surface area contributed by atoms with Crippen LogP contribution >= 0.6 is 11.8 Å². The molecule has 0 spiro atoms. The predicted molar refractivity (Wildman–Crippen MR) is 97.8 cm³/mol. The van der Waals surface area contributed by atoms with E-state index in [0.717, 1.165) is 10.5 Å². The number of para-hydroxylation sites is 1. The Bertz CT molecular complexity index is 774. The maximum atomic E-state index is 13.5. The molecule has 1 N–H and O–H groups in total. The summed E-state index contributed by atoms with van der Waals surface area (Å²) in [6, 6.07) is 13.4. The zero-order chi connectivity index (χ0) is 18.2. The number of carbonyl (C=O) groups is 2. The highest BCUT2D eigenvalue weighted by atomic mass is 32.2. The highest BCUT2D eigenvalue weighted by Gasteiger charge is 2.17. The Balaban J connectivity index is 1.89. The van der Waals surface area contributed by atoms with Crippen LogP contribution in [0.1, 0.15) is 12.5 Å². The molecule has 0 aliphatic carbocycles. The molecule has 2 rings (SSSR count). The van der Waals surface area contributed by atoms with Crippen molar-refractivity contribution in [2.24, 2.45) is 0 Å². The average Bonchev–Trinajstić information content (AvgIpc) is 2.62. The van der Waals surface area contributed by atoms with Crippen molar-refractivity contribution < 1.29 is 18.7 Å². The lowest BCUT2D eigenvalue weighted by molar-refractivity contribution is -0.148. The second kappa shape index (κ2) is 9.03. The van der Waals surface area contributed by atoms with Crippen molar-refractivity contribution in [1.82, 2.24) is 0 Å². The van der Waals surface area contributed by atoms with Crippen molar-refractivity contribution in [2.45, 2.75) is 17.9 Å². The van der Waals surface area contributed by atoms with Crippen LogP contribution in [0.4, 0.5) is 10.1 Å². The van der Waals surface area contributed by atoms with Gasteiger partial charge in [-0.25, -0.2) is 9.18 Å². The number of halogens is 1. The number of esters is 1. The van der Waals surface area contributed by atoms with E-state index in [9.17, 15) is 14.0 Å². The Morgan fingerprint density at radius 1 is 1.16 bits per heavy atom. The van der Waals surface area contributed by atoms with Gasteiger partial charge in [-0.05, 0) is 49.1 Å². The van der Waals surface area contributed by atoms with Gasteiger partial charge in [0.2, 0.25) is 0 Å². The Hall–Kier alpha value is -2.60. The predicted octanol–water partition coefficient (Wildman–Crippen LogP) is 4.13. The molecule has 130 valence electrons. The van der Waals surface area contributed by atoms with Gasteiger partial charge in [-0.3, -0.25) is 4.79 Å². The van der Waals surface area contributed by atoms with Crippen LogP contribution < -0.4 is 5.32 Å². The van der Waals surface area contributed by atoms with E-state index in [4.69, 9.17) is 4.74 Å². The highest BCUT2D eigenvalue weighted by Crippen LogP contribution is 2.16. The first kappa shape index (κ1) is 18.7. The van der Waals surface area contributed by atoms with Crippen LogP contribution in [0.2, 0.25) is 0 Å². The van der Waals surface area contributed by atoms with Gasteiger partial charge in [0.25, 0.3) is 5.91 Å². The molecular formula is C19H18FNO3S. The number of hydrogen-bond donors (Lipinski definition) is 1. The smallest absolute Gasteiger partial charge is 0.331 e. The molecule has 6 heteroatoms. The summed E-state index contributed by atoms with van der Waals surface area (Å²) in [5.41, 5.74) is 0.887. The summed E-state index contributed by atoms with van der Waals surface area (Å²) in [5.74, 6) is -1.80. The van der Waals surface area contributed by atoms with Gasteiger partial charge in [-0.15, -0.1) is 11.8 Å². The van der Waals surface area contributed by atoms with Gasteiger partial charge in [0.1, 0.15) is 5.82 Å². The Labute approximate surface area is 150 Å². The van der Waals surface area contributed by atoms with Crippen LogP contribution in [0.25, 0.3) is 6.08 Å². The number of ether oxygens (including phenoxy) is 1. The van der Waals surface area contributed by atoms with Crippen molar-refractivity contribution >= 4 is 35.4 Å². The van der Waals surface area contributed by atoms with E-state index in [1.165, 1.54) is 31.2 Å². The first-order valence-electron chi connectivity index (χ1n) is 7.57. The third kappa shape index (κ3) is 5.76. The van der Waals surface area contributed by atoms with Gasteiger partial charge in [0.05, 0.1) is 5.69 Å². The molecule has 2 aromatic rings.